The second-order valence-corrected chi connectivity index (χ2v) is 7.86. The molecule has 0 spiro atoms. The Bertz CT molecular complexity index is 660. The molecular formula is C17H25N3O5S. The van der Waals surface area contributed by atoms with Crippen LogP contribution in [0.4, 0.5) is 10.5 Å². The highest BCUT2D eigenvalue weighted by Gasteiger charge is 2.26. The van der Waals surface area contributed by atoms with Gasteiger partial charge in [-0.15, -0.1) is 11.3 Å². The van der Waals surface area contributed by atoms with Gasteiger partial charge in [-0.3, -0.25) is 9.69 Å². The lowest BCUT2D eigenvalue weighted by Crippen LogP contribution is -2.51. The van der Waals surface area contributed by atoms with Gasteiger partial charge in [0.05, 0.1) is 19.3 Å². The molecule has 26 heavy (non-hydrogen) atoms. The first-order chi connectivity index (χ1) is 12.2. The van der Waals surface area contributed by atoms with Gasteiger partial charge in [0, 0.05) is 26.2 Å². The molecule has 1 fully saturated rings. The molecule has 2 amide bonds. The number of ether oxygens (including phenoxy) is 2. The Labute approximate surface area is 157 Å². The minimum atomic E-state index is -0.522. The first kappa shape index (κ1) is 20.2. The fraction of sp³-hybridized carbons (Fsp3) is 0.588. The number of amides is 2. The molecule has 1 N–H and O–H groups in total. The summed E-state index contributed by atoms with van der Waals surface area (Å²) < 4.78 is 10.1. The lowest BCUT2D eigenvalue weighted by molar-refractivity contribution is -0.117. The van der Waals surface area contributed by atoms with E-state index in [-0.39, 0.29) is 18.5 Å². The molecule has 0 aromatic carbocycles. The van der Waals surface area contributed by atoms with E-state index in [1.807, 2.05) is 25.7 Å². The van der Waals surface area contributed by atoms with Crippen molar-refractivity contribution in [1.29, 1.82) is 0 Å². The summed E-state index contributed by atoms with van der Waals surface area (Å²) in [5.41, 5.74) is -0.0642. The van der Waals surface area contributed by atoms with Crippen molar-refractivity contribution in [3.63, 3.8) is 0 Å². The minimum absolute atomic E-state index is 0.193. The summed E-state index contributed by atoms with van der Waals surface area (Å²) in [5.74, 6) is -0.680. The molecule has 1 saturated heterocycles. The van der Waals surface area contributed by atoms with Crippen LogP contribution in [0.15, 0.2) is 11.4 Å². The van der Waals surface area contributed by atoms with Crippen molar-refractivity contribution >= 4 is 35.0 Å². The summed E-state index contributed by atoms with van der Waals surface area (Å²) in [7, 11) is 1.30. The van der Waals surface area contributed by atoms with Crippen LogP contribution in [0.1, 0.15) is 30.4 Å². The van der Waals surface area contributed by atoms with Gasteiger partial charge in [-0.2, -0.15) is 0 Å². The molecule has 0 atom stereocenters. The van der Waals surface area contributed by atoms with E-state index in [1.165, 1.54) is 18.4 Å². The summed E-state index contributed by atoms with van der Waals surface area (Å²) >= 11 is 1.22. The number of hydrogen-bond donors (Lipinski definition) is 1. The normalized spacial score (nSPS) is 15.5. The maximum absolute atomic E-state index is 12.2. The number of carbonyl (C=O) groups is 3. The Kier molecular flexibility index (Phi) is 6.60. The molecule has 2 heterocycles. The van der Waals surface area contributed by atoms with E-state index in [0.717, 1.165) is 0 Å². The van der Waals surface area contributed by atoms with Crippen molar-refractivity contribution in [1.82, 2.24) is 9.80 Å². The lowest BCUT2D eigenvalue weighted by Gasteiger charge is -2.35. The molecule has 2 rings (SSSR count). The van der Waals surface area contributed by atoms with Gasteiger partial charge in [-0.25, -0.2) is 9.59 Å². The van der Waals surface area contributed by atoms with Crippen molar-refractivity contribution in [2.24, 2.45) is 0 Å². The summed E-state index contributed by atoms with van der Waals surface area (Å²) in [6, 6.07) is 1.68. The molecule has 9 heteroatoms. The predicted molar refractivity (Wildman–Crippen MR) is 98.5 cm³/mol. The van der Waals surface area contributed by atoms with E-state index in [9.17, 15) is 14.4 Å². The SMILES string of the molecule is COC(=O)c1sccc1NC(=O)CN1CCN(C(=O)OC(C)(C)C)CC1. The zero-order chi connectivity index (χ0) is 19.3. The van der Waals surface area contributed by atoms with Gasteiger partial charge in [0.1, 0.15) is 10.5 Å². The smallest absolute Gasteiger partial charge is 0.410 e. The monoisotopic (exact) mass is 383 g/mol. The highest BCUT2D eigenvalue weighted by atomic mass is 32.1. The third-order valence-electron chi connectivity index (χ3n) is 3.70. The maximum atomic E-state index is 12.2. The number of nitrogens with one attached hydrogen (secondary N) is 1. The Balaban J connectivity index is 1.81. The van der Waals surface area contributed by atoms with Crippen molar-refractivity contribution in [2.75, 3.05) is 45.2 Å². The molecular weight excluding hydrogens is 358 g/mol. The largest absolute Gasteiger partial charge is 0.465 e. The average Bonchev–Trinajstić information content (AvgIpc) is 3.01. The number of rotatable bonds is 4. The summed E-state index contributed by atoms with van der Waals surface area (Å²) in [6.45, 7) is 7.87. The number of hydrogen-bond acceptors (Lipinski definition) is 7. The number of esters is 1. The van der Waals surface area contributed by atoms with Crippen LogP contribution in [0.5, 0.6) is 0 Å². The fourth-order valence-corrected chi connectivity index (χ4v) is 3.23. The summed E-state index contributed by atoms with van der Waals surface area (Å²) in [4.78, 5) is 39.9. The zero-order valence-corrected chi connectivity index (χ0v) is 16.4. The number of carbonyl (C=O) groups excluding carboxylic acids is 3. The zero-order valence-electron chi connectivity index (χ0n) is 15.5. The predicted octanol–water partition coefficient (Wildman–Crippen LogP) is 2.03. The van der Waals surface area contributed by atoms with Crippen LogP contribution >= 0.6 is 11.3 Å². The second kappa shape index (κ2) is 8.50. The van der Waals surface area contributed by atoms with Gasteiger partial charge in [0.25, 0.3) is 0 Å². The molecule has 1 aliphatic rings. The highest BCUT2D eigenvalue weighted by Crippen LogP contribution is 2.23. The molecule has 0 aliphatic carbocycles. The first-order valence-electron chi connectivity index (χ1n) is 8.35. The quantitative estimate of drug-likeness (QED) is 0.801. The van der Waals surface area contributed by atoms with Crippen LogP contribution < -0.4 is 5.32 Å². The van der Waals surface area contributed by atoms with Gasteiger partial charge >= 0.3 is 12.1 Å². The van der Waals surface area contributed by atoms with Crippen molar-refractivity contribution in [3.8, 4) is 0 Å². The van der Waals surface area contributed by atoms with Gasteiger partial charge in [-0.05, 0) is 32.2 Å². The third-order valence-corrected chi connectivity index (χ3v) is 4.60. The van der Waals surface area contributed by atoms with Crippen LogP contribution in [-0.2, 0) is 14.3 Å². The summed E-state index contributed by atoms with van der Waals surface area (Å²) in [6.07, 6.45) is -0.331. The number of thiophene rings is 1. The molecule has 0 bridgehead atoms. The molecule has 0 unspecified atom stereocenters. The molecule has 8 nitrogen and oxygen atoms in total. The molecule has 0 saturated carbocycles. The lowest BCUT2D eigenvalue weighted by atomic mass is 10.2. The van der Waals surface area contributed by atoms with Gasteiger partial charge < -0.3 is 19.7 Å². The Morgan fingerprint density at radius 2 is 1.85 bits per heavy atom. The maximum Gasteiger partial charge on any atom is 0.410 e. The molecule has 1 aromatic rings. The number of nitrogens with zero attached hydrogens (tertiary/aromatic N) is 2. The van der Waals surface area contributed by atoms with E-state index < -0.39 is 11.6 Å². The van der Waals surface area contributed by atoms with Crippen molar-refractivity contribution in [3.05, 3.63) is 16.3 Å². The van der Waals surface area contributed by atoms with Crippen LogP contribution in [0.3, 0.4) is 0 Å². The van der Waals surface area contributed by atoms with Gasteiger partial charge in [-0.1, -0.05) is 0 Å². The summed E-state index contributed by atoms with van der Waals surface area (Å²) in [5, 5.41) is 4.47. The van der Waals surface area contributed by atoms with E-state index >= 15 is 0 Å². The van der Waals surface area contributed by atoms with Crippen LogP contribution in [-0.4, -0.2) is 73.2 Å². The number of methoxy groups -OCH3 is 1. The van der Waals surface area contributed by atoms with Crippen LogP contribution in [0.25, 0.3) is 0 Å². The third kappa shape index (κ3) is 5.70. The fourth-order valence-electron chi connectivity index (χ4n) is 2.47. The molecule has 0 radical (unpaired) electrons. The standard InChI is InChI=1S/C17H25N3O5S/c1-17(2,3)25-16(23)20-8-6-19(7-9-20)11-13(21)18-12-5-10-26-14(12)15(22)24-4/h5,10H,6-9,11H2,1-4H3,(H,18,21). The van der Waals surface area contributed by atoms with E-state index in [2.05, 4.69) is 5.32 Å². The van der Waals surface area contributed by atoms with E-state index in [0.29, 0.717) is 36.7 Å². The van der Waals surface area contributed by atoms with E-state index in [1.54, 1.807) is 16.3 Å². The highest BCUT2D eigenvalue weighted by molar-refractivity contribution is 7.12. The van der Waals surface area contributed by atoms with E-state index in [4.69, 9.17) is 9.47 Å². The first-order valence-corrected chi connectivity index (χ1v) is 9.23. The van der Waals surface area contributed by atoms with Crippen LogP contribution in [0, 0.1) is 0 Å². The topological polar surface area (TPSA) is 88.2 Å². The number of piperazine rings is 1. The van der Waals surface area contributed by atoms with Gasteiger partial charge in [0.2, 0.25) is 5.91 Å². The van der Waals surface area contributed by atoms with Crippen LogP contribution in [0.2, 0.25) is 0 Å². The Hall–Kier alpha value is -2.13. The minimum Gasteiger partial charge on any atom is -0.465 e. The van der Waals surface area contributed by atoms with Crippen molar-refractivity contribution < 1.29 is 23.9 Å². The molecule has 144 valence electrons. The number of anilines is 1. The Morgan fingerprint density at radius 3 is 2.42 bits per heavy atom. The second-order valence-electron chi connectivity index (χ2n) is 6.95. The Morgan fingerprint density at radius 1 is 1.19 bits per heavy atom. The molecule has 1 aromatic heterocycles. The van der Waals surface area contributed by atoms with Gasteiger partial charge in [0.15, 0.2) is 0 Å². The average molecular weight is 383 g/mol. The van der Waals surface area contributed by atoms with Crippen molar-refractivity contribution in [2.45, 2.75) is 26.4 Å². The molecule has 1 aliphatic heterocycles.